The van der Waals surface area contributed by atoms with Crippen molar-refractivity contribution >= 4 is 40.3 Å². The molecule has 0 aliphatic carbocycles. The Kier molecular flexibility index (Phi) is 11.2. The number of para-hydroxylation sites is 2. The third-order valence-electron chi connectivity index (χ3n) is 9.27. The van der Waals surface area contributed by atoms with Crippen LogP contribution in [0.15, 0.2) is 132 Å². The lowest BCUT2D eigenvalue weighted by Crippen LogP contribution is -2.38. The van der Waals surface area contributed by atoms with Crippen LogP contribution in [0.4, 0.5) is 5.69 Å². The first kappa shape index (κ1) is 36.0. The first-order chi connectivity index (χ1) is 25.8. The van der Waals surface area contributed by atoms with E-state index in [1.165, 1.54) is 13.1 Å². The molecule has 9 nitrogen and oxygen atoms in total. The topological polar surface area (TPSA) is 123 Å². The van der Waals surface area contributed by atoms with E-state index in [2.05, 4.69) is 45.7 Å². The van der Waals surface area contributed by atoms with E-state index in [0.717, 1.165) is 49.5 Å². The monoisotopic (exact) mass is 724 g/mol. The number of thioether (sulfide) groups is 1. The normalized spacial score (nSPS) is 18.4. The summed E-state index contributed by atoms with van der Waals surface area (Å²) >= 11 is 1.70. The first-order valence-electron chi connectivity index (χ1n) is 17.5. The third kappa shape index (κ3) is 8.81. The zero-order chi connectivity index (χ0) is 36.7. The van der Waals surface area contributed by atoms with Gasteiger partial charge in [0.2, 0.25) is 5.91 Å². The van der Waals surface area contributed by atoms with Gasteiger partial charge in [0.15, 0.2) is 6.29 Å². The zero-order valence-electron chi connectivity index (χ0n) is 29.4. The zero-order valence-corrected chi connectivity index (χ0v) is 30.3. The van der Waals surface area contributed by atoms with E-state index in [1.54, 1.807) is 11.8 Å². The van der Waals surface area contributed by atoms with Crippen LogP contribution >= 0.6 is 11.8 Å². The average molecular weight is 725 g/mol. The molecular weight excluding hydrogens is 685 g/mol. The number of fused-ring (bicyclic) bond motifs is 1. The summed E-state index contributed by atoms with van der Waals surface area (Å²) in [6.07, 6.45) is 0.503. The molecule has 1 aliphatic rings. The predicted molar refractivity (Wildman–Crippen MR) is 207 cm³/mol. The molecule has 7 rings (SSSR count). The van der Waals surface area contributed by atoms with Crippen LogP contribution in [-0.2, 0) is 27.4 Å². The highest BCUT2D eigenvalue weighted by molar-refractivity contribution is 7.99. The molecule has 0 bridgehead atoms. The molecule has 1 saturated heterocycles. The van der Waals surface area contributed by atoms with Crippen molar-refractivity contribution in [3.63, 3.8) is 0 Å². The summed E-state index contributed by atoms with van der Waals surface area (Å²) in [6.45, 7) is 3.96. The molecule has 6 aromatic rings. The molecule has 2 heterocycles. The van der Waals surface area contributed by atoms with Crippen LogP contribution in [0.5, 0.6) is 0 Å². The molecule has 0 saturated carbocycles. The number of carbonyl (C=O) groups is 2. The van der Waals surface area contributed by atoms with E-state index < -0.39 is 6.29 Å². The Morgan fingerprint density at radius 2 is 1.53 bits per heavy atom. The second-order valence-electron chi connectivity index (χ2n) is 13.1. The Balaban J connectivity index is 1.08. The van der Waals surface area contributed by atoms with Gasteiger partial charge in [-0.2, -0.15) is 0 Å². The molecular formula is C43H40N4O5S. The molecule has 268 valence electrons. The van der Waals surface area contributed by atoms with Crippen LogP contribution in [0.3, 0.4) is 0 Å². The molecule has 1 fully saturated rings. The summed E-state index contributed by atoms with van der Waals surface area (Å²) in [7, 11) is 0. The number of nitrogens with zero attached hydrogens (tertiary/aromatic N) is 2. The fourth-order valence-corrected chi connectivity index (χ4v) is 7.46. The fraction of sp³-hybridized carbons (Fsp3) is 0.209. The molecule has 53 heavy (non-hydrogen) atoms. The van der Waals surface area contributed by atoms with Crippen molar-refractivity contribution in [2.75, 3.05) is 11.1 Å². The minimum atomic E-state index is -0.619. The van der Waals surface area contributed by atoms with Gasteiger partial charge < -0.3 is 25.2 Å². The predicted octanol–water partition coefficient (Wildman–Crippen LogP) is 8.26. The van der Waals surface area contributed by atoms with Crippen molar-refractivity contribution in [3.8, 4) is 11.1 Å². The number of anilines is 1. The van der Waals surface area contributed by atoms with E-state index in [4.69, 9.17) is 9.47 Å². The SMILES string of the molecule is CC(=O)Nc1ccc(SC[C@@H]2O[C@H](c3cccc(-c4cccc(CNC(=O)c5cnc6ccccc6n5)c4)c3)O[C@H](c3ccc(CO)cc3)[C@@H]2C)cc1. The van der Waals surface area contributed by atoms with Crippen LogP contribution in [0, 0.1) is 5.92 Å². The third-order valence-corrected chi connectivity index (χ3v) is 10.4. The average Bonchev–Trinajstić information content (AvgIpc) is 3.20. The Labute approximate surface area is 312 Å². The highest BCUT2D eigenvalue weighted by Gasteiger charge is 2.38. The summed E-state index contributed by atoms with van der Waals surface area (Å²) in [5.41, 5.74) is 8.16. The van der Waals surface area contributed by atoms with Gasteiger partial charge in [-0.1, -0.05) is 79.7 Å². The molecule has 1 aromatic heterocycles. The number of aliphatic hydroxyl groups excluding tert-OH is 1. The Bertz CT molecular complexity index is 2210. The van der Waals surface area contributed by atoms with Crippen molar-refractivity contribution in [2.45, 2.75) is 50.4 Å². The molecule has 5 aromatic carbocycles. The maximum Gasteiger partial charge on any atom is 0.271 e. The van der Waals surface area contributed by atoms with Gasteiger partial charge in [-0.15, -0.1) is 11.8 Å². The summed E-state index contributed by atoms with van der Waals surface area (Å²) < 4.78 is 13.5. The first-order valence-corrected chi connectivity index (χ1v) is 18.5. The molecule has 1 aliphatic heterocycles. The highest BCUT2D eigenvalue weighted by atomic mass is 32.2. The van der Waals surface area contributed by atoms with Crippen molar-refractivity contribution in [1.29, 1.82) is 0 Å². The number of hydrogen-bond acceptors (Lipinski definition) is 8. The number of hydrogen-bond donors (Lipinski definition) is 3. The van der Waals surface area contributed by atoms with Crippen LogP contribution in [-0.4, -0.2) is 38.7 Å². The number of carbonyl (C=O) groups excluding carboxylic acids is 2. The van der Waals surface area contributed by atoms with Gasteiger partial charge in [0, 0.05) is 41.3 Å². The summed E-state index contributed by atoms with van der Waals surface area (Å²) in [4.78, 5) is 34.3. The highest BCUT2D eigenvalue weighted by Crippen LogP contribution is 2.43. The van der Waals surface area contributed by atoms with Crippen LogP contribution in [0.1, 0.15) is 59.0 Å². The van der Waals surface area contributed by atoms with E-state index in [9.17, 15) is 14.7 Å². The van der Waals surface area contributed by atoms with Gasteiger partial charge in [0.25, 0.3) is 5.91 Å². The maximum atomic E-state index is 13.0. The number of aromatic nitrogens is 2. The van der Waals surface area contributed by atoms with E-state index in [0.29, 0.717) is 17.8 Å². The fourth-order valence-electron chi connectivity index (χ4n) is 6.39. The Morgan fingerprint density at radius 3 is 2.28 bits per heavy atom. The second kappa shape index (κ2) is 16.5. The van der Waals surface area contributed by atoms with Crippen LogP contribution in [0.25, 0.3) is 22.2 Å². The molecule has 4 atom stereocenters. The van der Waals surface area contributed by atoms with Crippen molar-refractivity contribution in [1.82, 2.24) is 15.3 Å². The van der Waals surface area contributed by atoms with Gasteiger partial charge >= 0.3 is 0 Å². The molecule has 0 unspecified atom stereocenters. The van der Waals surface area contributed by atoms with Gasteiger partial charge in [-0.25, -0.2) is 4.98 Å². The molecule has 0 spiro atoms. The lowest BCUT2D eigenvalue weighted by Gasteiger charge is -2.41. The number of nitrogens with one attached hydrogen (secondary N) is 2. The van der Waals surface area contributed by atoms with Crippen molar-refractivity contribution in [2.24, 2.45) is 5.92 Å². The minimum absolute atomic E-state index is 0.0212. The number of ether oxygens (including phenoxy) is 2. The van der Waals surface area contributed by atoms with Gasteiger partial charge in [0.1, 0.15) is 5.69 Å². The molecule has 0 radical (unpaired) electrons. The summed E-state index contributed by atoms with van der Waals surface area (Å²) in [5.74, 6) is 0.344. The van der Waals surface area contributed by atoms with E-state index >= 15 is 0 Å². The number of aliphatic hydroxyl groups is 1. The number of amides is 2. The quantitative estimate of drug-likeness (QED) is 0.114. The van der Waals surface area contributed by atoms with Gasteiger partial charge in [-0.3, -0.25) is 14.6 Å². The van der Waals surface area contributed by atoms with Crippen molar-refractivity contribution in [3.05, 3.63) is 155 Å². The Hall–Kier alpha value is -5.39. The lowest BCUT2D eigenvalue weighted by atomic mass is 9.91. The van der Waals surface area contributed by atoms with E-state index in [1.807, 2.05) is 103 Å². The van der Waals surface area contributed by atoms with Crippen LogP contribution in [0.2, 0.25) is 0 Å². The standard InChI is InChI=1S/C43H40N4O5S/c1-27-40(26-53-36-19-17-35(18-20-36)46-28(2)49)51-43(52-41(27)31-15-13-29(25-48)14-16-31)34-10-6-9-33(22-34)32-8-5-7-30(21-32)23-45-42(50)39-24-44-37-11-3-4-12-38(37)47-39/h3-22,24,27,40-41,43,48H,23,25-26H2,1-2H3,(H,45,50)(H,46,49)/t27-,40+,41+,43+/m1/s1. The Morgan fingerprint density at radius 1 is 0.792 bits per heavy atom. The van der Waals surface area contributed by atoms with Crippen LogP contribution < -0.4 is 10.6 Å². The largest absolute Gasteiger partial charge is 0.392 e. The van der Waals surface area contributed by atoms with Gasteiger partial charge in [-0.05, 0) is 76.3 Å². The van der Waals surface area contributed by atoms with E-state index in [-0.39, 0.29) is 42.2 Å². The molecule has 3 N–H and O–H groups in total. The number of rotatable bonds is 11. The van der Waals surface area contributed by atoms with Crippen molar-refractivity contribution < 1.29 is 24.2 Å². The smallest absolute Gasteiger partial charge is 0.271 e. The summed E-state index contributed by atoms with van der Waals surface area (Å²) in [6, 6.07) is 39.5. The second-order valence-corrected chi connectivity index (χ2v) is 14.2. The molecule has 10 heteroatoms. The maximum absolute atomic E-state index is 13.0. The molecule has 2 amide bonds. The minimum Gasteiger partial charge on any atom is -0.392 e. The lowest BCUT2D eigenvalue weighted by molar-refractivity contribution is -0.268. The number of benzene rings is 5. The van der Waals surface area contributed by atoms with Gasteiger partial charge in [0.05, 0.1) is 36.0 Å². The summed E-state index contributed by atoms with van der Waals surface area (Å²) in [5, 5.41) is 15.4.